The van der Waals surface area contributed by atoms with Gasteiger partial charge in [0.25, 0.3) is 5.69 Å². The lowest BCUT2D eigenvalue weighted by Crippen LogP contribution is -1.94. The summed E-state index contributed by atoms with van der Waals surface area (Å²) < 4.78 is 6.59. The predicted molar refractivity (Wildman–Crippen MR) is 75.7 cm³/mol. The van der Waals surface area contributed by atoms with Gasteiger partial charge in [-0.15, -0.1) is 0 Å². The van der Waals surface area contributed by atoms with Crippen LogP contribution in [0.1, 0.15) is 11.1 Å². The van der Waals surface area contributed by atoms with Gasteiger partial charge in [0, 0.05) is 16.6 Å². The van der Waals surface area contributed by atoms with Crippen LogP contribution in [0.25, 0.3) is 0 Å². The van der Waals surface area contributed by atoms with Crippen LogP contribution in [-0.2, 0) is 18.0 Å². The highest BCUT2D eigenvalue weighted by Gasteiger charge is 2.03. The minimum atomic E-state index is -0.410. The van der Waals surface area contributed by atoms with Gasteiger partial charge in [-0.05, 0) is 35.4 Å². The molecule has 0 unspecified atom stereocenters. The Hall–Kier alpha value is -1.72. The molecule has 2 rings (SSSR count). The van der Waals surface area contributed by atoms with Gasteiger partial charge in [-0.1, -0.05) is 28.1 Å². The smallest absolute Gasteiger partial charge is 0.269 e. The molecule has 19 heavy (non-hydrogen) atoms. The molecule has 0 saturated carbocycles. The normalized spacial score (nSPS) is 10.4. The lowest BCUT2D eigenvalue weighted by molar-refractivity contribution is -0.384. The molecule has 0 aliphatic heterocycles. The van der Waals surface area contributed by atoms with E-state index in [2.05, 4.69) is 15.9 Å². The lowest BCUT2D eigenvalue weighted by Gasteiger charge is -2.04. The monoisotopic (exact) mass is 321 g/mol. The molecule has 0 aromatic heterocycles. The van der Waals surface area contributed by atoms with Crippen LogP contribution in [-0.4, -0.2) is 4.92 Å². The van der Waals surface area contributed by atoms with Crippen LogP contribution < -0.4 is 0 Å². The summed E-state index contributed by atoms with van der Waals surface area (Å²) in [5, 5.41) is 10.5. The van der Waals surface area contributed by atoms with E-state index in [1.807, 2.05) is 24.3 Å². The van der Waals surface area contributed by atoms with Crippen molar-refractivity contribution in [2.45, 2.75) is 13.2 Å². The number of rotatable bonds is 5. The summed E-state index contributed by atoms with van der Waals surface area (Å²) in [5.74, 6) is 0. The maximum atomic E-state index is 10.5. The standard InChI is InChI=1S/C14H12BrNO3/c15-13-5-1-11(2-6-13)9-19-10-12-3-7-14(8-4-12)16(17)18/h1-8H,9-10H2. The fraction of sp³-hybridized carbons (Fsp3) is 0.143. The minimum absolute atomic E-state index is 0.0941. The summed E-state index contributed by atoms with van der Waals surface area (Å²) in [6, 6.07) is 14.3. The van der Waals surface area contributed by atoms with Crippen molar-refractivity contribution in [2.75, 3.05) is 0 Å². The third-order valence-electron chi connectivity index (χ3n) is 2.60. The second-order valence-corrected chi connectivity index (χ2v) is 4.96. The molecular formula is C14H12BrNO3. The Kier molecular flexibility index (Phi) is 4.65. The highest BCUT2D eigenvalue weighted by molar-refractivity contribution is 9.10. The number of benzene rings is 2. The Morgan fingerprint density at radius 1 is 0.947 bits per heavy atom. The maximum absolute atomic E-state index is 10.5. The first-order chi connectivity index (χ1) is 9.15. The first kappa shape index (κ1) is 13.7. The zero-order chi connectivity index (χ0) is 13.7. The number of ether oxygens (including phenoxy) is 1. The van der Waals surface area contributed by atoms with E-state index in [4.69, 9.17) is 4.74 Å². The third-order valence-corrected chi connectivity index (χ3v) is 3.13. The Balaban J connectivity index is 1.85. The Labute approximate surface area is 119 Å². The van der Waals surface area contributed by atoms with Gasteiger partial charge in [-0.3, -0.25) is 10.1 Å². The SMILES string of the molecule is O=[N+]([O-])c1ccc(COCc2ccc(Br)cc2)cc1. The van der Waals surface area contributed by atoms with Crippen molar-refractivity contribution < 1.29 is 9.66 Å². The van der Waals surface area contributed by atoms with Crippen LogP contribution in [0, 0.1) is 10.1 Å². The number of hydrogen-bond acceptors (Lipinski definition) is 3. The van der Waals surface area contributed by atoms with Crippen LogP contribution in [0.5, 0.6) is 0 Å². The molecule has 4 nitrogen and oxygen atoms in total. The Bertz CT molecular complexity index is 552. The van der Waals surface area contributed by atoms with Crippen LogP contribution in [0.15, 0.2) is 53.0 Å². The number of halogens is 1. The van der Waals surface area contributed by atoms with E-state index in [9.17, 15) is 10.1 Å². The van der Waals surface area contributed by atoms with Crippen LogP contribution in [0.2, 0.25) is 0 Å². The summed E-state index contributed by atoms with van der Waals surface area (Å²) in [5.41, 5.74) is 2.10. The molecule has 0 bridgehead atoms. The average molecular weight is 322 g/mol. The van der Waals surface area contributed by atoms with E-state index in [0.717, 1.165) is 15.6 Å². The number of nitrogens with zero attached hydrogens (tertiary/aromatic N) is 1. The van der Waals surface area contributed by atoms with Gasteiger partial charge in [0.2, 0.25) is 0 Å². The molecule has 0 N–H and O–H groups in total. The number of non-ortho nitro benzene ring substituents is 1. The Morgan fingerprint density at radius 3 is 1.89 bits per heavy atom. The van der Waals surface area contributed by atoms with Crippen molar-refractivity contribution in [1.82, 2.24) is 0 Å². The summed E-state index contributed by atoms with van der Waals surface area (Å²) in [4.78, 5) is 10.1. The van der Waals surface area contributed by atoms with Crippen LogP contribution in [0.3, 0.4) is 0 Å². The van der Waals surface area contributed by atoms with Crippen molar-refractivity contribution in [2.24, 2.45) is 0 Å². The van der Waals surface area contributed by atoms with Gasteiger partial charge in [0.1, 0.15) is 0 Å². The molecule has 0 saturated heterocycles. The fourth-order valence-corrected chi connectivity index (χ4v) is 1.85. The molecule has 0 atom stereocenters. The predicted octanol–water partition coefficient (Wildman–Crippen LogP) is 4.07. The van der Waals surface area contributed by atoms with Crippen molar-refractivity contribution >= 4 is 21.6 Å². The van der Waals surface area contributed by atoms with Crippen molar-refractivity contribution in [1.29, 1.82) is 0 Å². The van der Waals surface area contributed by atoms with Gasteiger partial charge >= 0.3 is 0 Å². The third kappa shape index (κ3) is 4.15. The number of nitro benzene ring substituents is 1. The summed E-state index contributed by atoms with van der Waals surface area (Å²) in [6.45, 7) is 0.957. The molecular weight excluding hydrogens is 310 g/mol. The lowest BCUT2D eigenvalue weighted by atomic mass is 10.2. The van der Waals surface area contributed by atoms with Gasteiger partial charge in [0.05, 0.1) is 18.1 Å². The second kappa shape index (κ2) is 6.45. The quantitative estimate of drug-likeness (QED) is 0.616. The number of hydrogen-bond donors (Lipinski definition) is 0. The molecule has 0 aliphatic rings. The topological polar surface area (TPSA) is 52.4 Å². The molecule has 0 spiro atoms. The van der Waals surface area contributed by atoms with Gasteiger partial charge in [-0.25, -0.2) is 0 Å². The number of nitro groups is 1. The summed E-state index contributed by atoms with van der Waals surface area (Å²) >= 11 is 3.37. The molecule has 5 heteroatoms. The van der Waals surface area contributed by atoms with Gasteiger partial charge in [0.15, 0.2) is 0 Å². The van der Waals surface area contributed by atoms with E-state index in [1.54, 1.807) is 12.1 Å². The molecule has 2 aromatic carbocycles. The van der Waals surface area contributed by atoms with Crippen molar-refractivity contribution in [3.63, 3.8) is 0 Å². The highest BCUT2D eigenvalue weighted by Crippen LogP contribution is 2.14. The fourth-order valence-electron chi connectivity index (χ4n) is 1.58. The second-order valence-electron chi connectivity index (χ2n) is 4.04. The molecule has 2 aromatic rings. The van der Waals surface area contributed by atoms with Gasteiger partial charge < -0.3 is 4.74 Å². The highest BCUT2D eigenvalue weighted by atomic mass is 79.9. The molecule has 98 valence electrons. The average Bonchev–Trinajstić information content (AvgIpc) is 2.41. The van der Waals surface area contributed by atoms with Crippen LogP contribution >= 0.6 is 15.9 Å². The molecule has 0 aliphatic carbocycles. The zero-order valence-electron chi connectivity index (χ0n) is 10.1. The van der Waals surface area contributed by atoms with Crippen LogP contribution in [0.4, 0.5) is 5.69 Å². The molecule has 0 fully saturated rings. The van der Waals surface area contributed by atoms with E-state index in [1.165, 1.54) is 12.1 Å². The first-order valence-electron chi connectivity index (χ1n) is 5.70. The van der Waals surface area contributed by atoms with Crippen molar-refractivity contribution in [3.05, 3.63) is 74.2 Å². The first-order valence-corrected chi connectivity index (χ1v) is 6.50. The summed E-state index contributed by atoms with van der Waals surface area (Å²) in [6.07, 6.45) is 0. The largest absolute Gasteiger partial charge is 0.372 e. The minimum Gasteiger partial charge on any atom is -0.372 e. The maximum Gasteiger partial charge on any atom is 0.269 e. The van der Waals surface area contributed by atoms with E-state index >= 15 is 0 Å². The summed E-state index contributed by atoms with van der Waals surface area (Å²) in [7, 11) is 0. The van der Waals surface area contributed by atoms with Gasteiger partial charge in [-0.2, -0.15) is 0 Å². The van der Waals surface area contributed by atoms with Crippen molar-refractivity contribution in [3.8, 4) is 0 Å². The Morgan fingerprint density at radius 2 is 1.42 bits per heavy atom. The molecule has 0 radical (unpaired) electrons. The molecule has 0 amide bonds. The zero-order valence-corrected chi connectivity index (χ0v) is 11.7. The van der Waals surface area contributed by atoms with E-state index in [0.29, 0.717) is 13.2 Å². The van der Waals surface area contributed by atoms with E-state index < -0.39 is 4.92 Å². The van der Waals surface area contributed by atoms with E-state index in [-0.39, 0.29) is 5.69 Å². The molecule has 0 heterocycles.